The second kappa shape index (κ2) is 13.7. The van der Waals surface area contributed by atoms with Gasteiger partial charge in [0.05, 0.1) is 5.69 Å². The molecule has 0 atom stereocenters. The molecular formula is C36H46N6Pt. The van der Waals surface area contributed by atoms with Gasteiger partial charge in [-0.15, -0.1) is 5.69 Å². The first kappa shape index (κ1) is 34.4. The second-order valence-electron chi connectivity index (χ2n) is 14.0. The predicted molar refractivity (Wildman–Crippen MR) is 174 cm³/mol. The van der Waals surface area contributed by atoms with Crippen LogP contribution in [0.25, 0.3) is 33.5 Å². The van der Waals surface area contributed by atoms with Gasteiger partial charge in [0.1, 0.15) is 0 Å². The molecule has 43 heavy (non-hydrogen) atoms. The van der Waals surface area contributed by atoms with E-state index < -0.39 is 0 Å². The van der Waals surface area contributed by atoms with Crippen molar-refractivity contribution in [2.45, 2.75) is 99.3 Å². The van der Waals surface area contributed by atoms with Gasteiger partial charge in [-0.1, -0.05) is 99.0 Å². The van der Waals surface area contributed by atoms with Crippen LogP contribution >= 0.6 is 0 Å². The first-order valence-electron chi connectivity index (χ1n) is 15.0. The van der Waals surface area contributed by atoms with Crippen molar-refractivity contribution in [3.05, 3.63) is 83.2 Å². The average molecular weight is 758 g/mol. The topological polar surface area (TPSA) is 79.8 Å². The zero-order valence-corrected chi connectivity index (χ0v) is 29.8. The Morgan fingerprint density at radius 2 is 1.49 bits per heavy atom. The van der Waals surface area contributed by atoms with Crippen molar-refractivity contribution in [3.8, 4) is 22.8 Å². The van der Waals surface area contributed by atoms with Crippen LogP contribution in [0, 0.1) is 12.8 Å². The molecule has 0 amide bonds. The van der Waals surface area contributed by atoms with Gasteiger partial charge >= 0.3 is 21.1 Å². The molecule has 0 bridgehead atoms. The third-order valence-corrected chi connectivity index (χ3v) is 7.46. The minimum Gasteiger partial charge on any atom is -0.659 e. The van der Waals surface area contributed by atoms with E-state index in [-0.39, 0.29) is 31.9 Å². The van der Waals surface area contributed by atoms with Crippen molar-refractivity contribution in [2.75, 3.05) is 0 Å². The Kier molecular flexibility index (Phi) is 10.9. The van der Waals surface area contributed by atoms with Crippen LogP contribution < -0.4 is 10.1 Å². The van der Waals surface area contributed by atoms with E-state index in [0.29, 0.717) is 11.8 Å². The summed E-state index contributed by atoms with van der Waals surface area (Å²) in [5.74, 6) is 0.934. The molecular weight excluding hydrogens is 712 g/mol. The Morgan fingerprint density at radius 1 is 0.837 bits per heavy atom. The molecule has 5 rings (SSSR count). The zero-order valence-electron chi connectivity index (χ0n) is 27.6. The van der Waals surface area contributed by atoms with E-state index in [2.05, 4.69) is 121 Å². The summed E-state index contributed by atoms with van der Waals surface area (Å²) in [4.78, 5) is 18.5. The average Bonchev–Trinajstić information content (AvgIpc) is 3.54. The summed E-state index contributed by atoms with van der Waals surface area (Å²) in [5, 5.41) is 11.0. The zero-order chi connectivity index (χ0) is 30.8. The summed E-state index contributed by atoms with van der Waals surface area (Å²) in [6.45, 7) is 24.2. The Labute approximate surface area is 272 Å². The fraction of sp³-hybridized carbons (Fsp3) is 0.444. The maximum atomic E-state index is 5.12. The number of aromatic nitrogens is 6. The summed E-state index contributed by atoms with van der Waals surface area (Å²) in [5.41, 5.74) is 9.75. The molecule has 0 aromatic carbocycles. The van der Waals surface area contributed by atoms with Gasteiger partial charge in [0, 0.05) is 52.4 Å². The molecule has 0 N–H and O–H groups in total. The number of fused-ring (bicyclic) bond motifs is 1. The Bertz CT molecular complexity index is 1630. The first-order valence-corrected chi connectivity index (χ1v) is 15.0. The molecule has 6 nitrogen and oxygen atoms in total. The summed E-state index contributed by atoms with van der Waals surface area (Å²) in [7, 11) is 0. The van der Waals surface area contributed by atoms with Crippen LogP contribution in [0.15, 0.2) is 55.1 Å². The molecule has 5 aromatic rings. The number of aryl methyl sites for hydroxylation is 1. The molecule has 230 valence electrons. The van der Waals surface area contributed by atoms with Crippen LogP contribution in [0.1, 0.15) is 103 Å². The Hall–Kier alpha value is -3.11. The number of hydrogen-bond donors (Lipinski definition) is 0. The van der Waals surface area contributed by atoms with Crippen LogP contribution in [0.5, 0.6) is 0 Å². The van der Waals surface area contributed by atoms with E-state index in [1.165, 1.54) is 16.7 Å². The molecule has 5 aromatic heterocycles. The standard InChI is InChI=1S/C27H33N5.C9H13N.Pt/c1-15(2)11-20-17(5)29-26(24(20)16(3)4)21-12-18-14-28-10-9-19(18)25(30-21)22-13-23(32-31-22)27(6,7)8;1-9(2,3)8-4-6-10-7-5-8;/h9-10,12-16H,11H2,1-8H3;4-7H,1-3H3;/q-2;;+2. The van der Waals surface area contributed by atoms with Crippen LogP contribution in [0.2, 0.25) is 0 Å². The predicted octanol–water partition coefficient (Wildman–Crippen LogP) is 8.58. The molecule has 0 aliphatic heterocycles. The number of hydrogen-bond acceptors (Lipinski definition) is 4. The maximum Gasteiger partial charge on any atom is 2.00 e. The molecule has 0 aliphatic rings. The Balaban J connectivity index is 0.000000392. The van der Waals surface area contributed by atoms with Crippen LogP contribution in [0.4, 0.5) is 0 Å². The Morgan fingerprint density at radius 3 is 2.02 bits per heavy atom. The molecule has 0 unspecified atom stereocenters. The first-order chi connectivity index (χ1) is 19.7. The van der Waals surface area contributed by atoms with Gasteiger partial charge in [0.25, 0.3) is 0 Å². The van der Waals surface area contributed by atoms with E-state index >= 15 is 0 Å². The van der Waals surface area contributed by atoms with Gasteiger partial charge in [-0.2, -0.15) is 5.69 Å². The summed E-state index contributed by atoms with van der Waals surface area (Å²) in [6.07, 6.45) is 8.39. The van der Waals surface area contributed by atoms with E-state index in [1.807, 2.05) is 24.7 Å². The van der Waals surface area contributed by atoms with Crippen molar-refractivity contribution in [1.29, 1.82) is 0 Å². The fourth-order valence-electron chi connectivity index (χ4n) is 5.16. The maximum absolute atomic E-state index is 5.12. The van der Waals surface area contributed by atoms with Crippen molar-refractivity contribution >= 4 is 10.8 Å². The van der Waals surface area contributed by atoms with Gasteiger partial charge in [0.15, 0.2) is 0 Å². The summed E-state index contributed by atoms with van der Waals surface area (Å²) in [6, 6.07) is 10.3. The minimum atomic E-state index is -0.0683. The quantitative estimate of drug-likeness (QED) is 0.179. The molecule has 0 fully saturated rings. The van der Waals surface area contributed by atoms with E-state index in [4.69, 9.17) is 9.97 Å². The monoisotopic (exact) mass is 757 g/mol. The van der Waals surface area contributed by atoms with Gasteiger partial charge < -0.3 is 15.2 Å². The van der Waals surface area contributed by atoms with Gasteiger partial charge in [-0.05, 0) is 53.5 Å². The van der Waals surface area contributed by atoms with Gasteiger partial charge in [0.2, 0.25) is 0 Å². The second-order valence-corrected chi connectivity index (χ2v) is 14.0. The van der Waals surface area contributed by atoms with E-state index in [9.17, 15) is 0 Å². The molecule has 0 saturated heterocycles. The molecule has 0 spiro atoms. The fourth-order valence-corrected chi connectivity index (χ4v) is 5.16. The number of pyridine rings is 3. The van der Waals surface area contributed by atoms with Crippen LogP contribution in [-0.2, 0) is 38.3 Å². The van der Waals surface area contributed by atoms with Crippen molar-refractivity contribution in [3.63, 3.8) is 0 Å². The normalized spacial score (nSPS) is 11.9. The van der Waals surface area contributed by atoms with Crippen LogP contribution in [-0.4, -0.2) is 20.1 Å². The van der Waals surface area contributed by atoms with Crippen molar-refractivity contribution < 1.29 is 21.1 Å². The van der Waals surface area contributed by atoms with Crippen molar-refractivity contribution in [1.82, 2.24) is 30.1 Å². The molecule has 7 heteroatoms. The SMILES string of the molecule is CC(C)(C)c1ccncc1.Cc1[n-]c(-c2cc3cnccc3c(-c3cc(C(C)(C)C)n[n-]3)n2)c(C(C)C)c1CC(C)C.[Pt+2]. The van der Waals surface area contributed by atoms with Gasteiger partial charge in [-0.25, -0.2) is 0 Å². The third kappa shape index (κ3) is 8.09. The summed E-state index contributed by atoms with van der Waals surface area (Å²) < 4.78 is 0. The summed E-state index contributed by atoms with van der Waals surface area (Å²) >= 11 is 0. The molecule has 0 saturated carbocycles. The van der Waals surface area contributed by atoms with Crippen LogP contribution in [0.3, 0.4) is 0 Å². The minimum absolute atomic E-state index is 0. The molecule has 0 aliphatic carbocycles. The smallest absolute Gasteiger partial charge is 0.659 e. The third-order valence-electron chi connectivity index (χ3n) is 7.46. The molecule has 5 heterocycles. The largest absolute Gasteiger partial charge is 2.00 e. The van der Waals surface area contributed by atoms with E-state index in [1.54, 1.807) is 6.20 Å². The number of nitrogens with zero attached hydrogens (tertiary/aromatic N) is 6. The van der Waals surface area contributed by atoms with Crippen molar-refractivity contribution in [2.24, 2.45) is 5.92 Å². The number of rotatable bonds is 5. The van der Waals surface area contributed by atoms with Gasteiger partial charge in [-0.3, -0.25) is 15.0 Å². The molecule has 0 radical (unpaired) electrons. The van der Waals surface area contributed by atoms with E-state index in [0.717, 1.165) is 51.4 Å².